The molecule has 0 radical (unpaired) electrons. The Labute approximate surface area is 132 Å². The Kier molecular flexibility index (Phi) is 4.06. The molecule has 2 aliphatic rings. The number of ether oxygens (including phenoxy) is 1. The first-order valence-corrected chi connectivity index (χ1v) is 8.40. The molecule has 2 aliphatic heterocycles. The average Bonchev–Trinajstić information content (AvgIpc) is 2.48. The van der Waals surface area contributed by atoms with Gasteiger partial charge in [0.25, 0.3) is 0 Å². The van der Waals surface area contributed by atoms with Crippen LogP contribution in [0.1, 0.15) is 30.4 Å². The lowest BCUT2D eigenvalue weighted by atomic mass is 10.1. The van der Waals surface area contributed by atoms with E-state index in [4.69, 9.17) is 10.5 Å². The summed E-state index contributed by atoms with van der Waals surface area (Å²) >= 11 is -1.53. The molecule has 0 bridgehead atoms. The van der Waals surface area contributed by atoms with Crippen LogP contribution in [0, 0.1) is 6.92 Å². The van der Waals surface area contributed by atoms with Gasteiger partial charge in [0, 0.05) is 19.3 Å². The summed E-state index contributed by atoms with van der Waals surface area (Å²) in [5, 5.41) is 0. The van der Waals surface area contributed by atoms with Crippen LogP contribution >= 0.6 is 0 Å². The smallest absolute Gasteiger partial charge is 0.245 e. The number of allylic oxidation sites excluding steroid dienone is 1. The lowest BCUT2D eigenvalue weighted by molar-refractivity contribution is 0.323. The summed E-state index contributed by atoms with van der Waals surface area (Å²) in [6.07, 6.45) is 5.19. The molecule has 1 aromatic carbocycles. The van der Waals surface area contributed by atoms with Crippen molar-refractivity contribution in [2.75, 3.05) is 18.3 Å². The van der Waals surface area contributed by atoms with Gasteiger partial charge in [-0.05, 0) is 37.8 Å². The molecule has 0 saturated carbocycles. The van der Waals surface area contributed by atoms with Crippen LogP contribution < -0.4 is 15.2 Å². The topological polar surface area (TPSA) is 80.0 Å². The Morgan fingerprint density at radius 1 is 1.45 bits per heavy atom. The molecule has 6 nitrogen and oxygen atoms in total. The molecule has 1 aromatic rings. The zero-order valence-corrected chi connectivity index (χ0v) is 13.6. The van der Waals surface area contributed by atoms with Crippen LogP contribution in [-0.4, -0.2) is 28.5 Å². The van der Waals surface area contributed by atoms with Crippen molar-refractivity contribution < 1.29 is 8.95 Å². The van der Waals surface area contributed by atoms with Gasteiger partial charge in [0.15, 0.2) is 0 Å². The molecule has 1 saturated heterocycles. The highest BCUT2D eigenvalue weighted by Crippen LogP contribution is 2.33. The number of hydrogen-bond acceptors (Lipinski definition) is 4. The van der Waals surface area contributed by atoms with E-state index >= 15 is 0 Å². The summed E-state index contributed by atoms with van der Waals surface area (Å²) < 4.78 is 24.2. The second kappa shape index (κ2) is 6.00. The number of likely N-dealkylation sites (tertiary alicyclic amines) is 1. The van der Waals surface area contributed by atoms with Crippen molar-refractivity contribution in [1.29, 1.82) is 0 Å². The van der Waals surface area contributed by atoms with Crippen LogP contribution in [0.15, 0.2) is 28.5 Å². The van der Waals surface area contributed by atoms with E-state index in [-0.39, 0.29) is 5.84 Å². The lowest BCUT2D eigenvalue weighted by Crippen LogP contribution is -2.25. The van der Waals surface area contributed by atoms with Crippen LogP contribution in [0.4, 0.5) is 5.69 Å². The third-order valence-electron chi connectivity index (χ3n) is 3.97. The molecule has 2 heterocycles. The summed E-state index contributed by atoms with van der Waals surface area (Å²) in [5.41, 5.74) is 9.44. The molecular formula is C15H20N4O2S. The van der Waals surface area contributed by atoms with E-state index in [1.165, 1.54) is 18.5 Å². The van der Waals surface area contributed by atoms with Gasteiger partial charge in [0.05, 0.1) is 11.3 Å². The number of amidine groups is 1. The molecule has 22 heavy (non-hydrogen) atoms. The van der Waals surface area contributed by atoms with Crippen molar-refractivity contribution in [3.63, 3.8) is 0 Å². The van der Waals surface area contributed by atoms with Gasteiger partial charge < -0.3 is 15.4 Å². The molecule has 1 unspecified atom stereocenters. The largest absolute Gasteiger partial charge is 0.462 e. The highest BCUT2D eigenvalue weighted by molar-refractivity contribution is 7.85. The van der Waals surface area contributed by atoms with Crippen molar-refractivity contribution in [2.24, 2.45) is 10.1 Å². The standard InChI is InChI=1S/C15H20N4O2S/c1-10-6-7-12-13(15(16)18-22(20)17-12)14(10)21-9-11-5-3-4-8-19(11)2/h6-7,9,17H,3-5,8H2,1-2H3,(H2,16,18)/b11-9+. The molecule has 7 heteroatoms. The average molecular weight is 320 g/mol. The van der Waals surface area contributed by atoms with Crippen molar-refractivity contribution in [1.82, 2.24) is 4.90 Å². The summed E-state index contributed by atoms with van der Waals surface area (Å²) in [6, 6.07) is 3.76. The van der Waals surface area contributed by atoms with Gasteiger partial charge in [-0.1, -0.05) is 6.07 Å². The van der Waals surface area contributed by atoms with Crippen LogP contribution in [0.3, 0.4) is 0 Å². The van der Waals surface area contributed by atoms with Gasteiger partial charge in [-0.15, -0.1) is 0 Å². The van der Waals surface area contributed by atoms with Gasteiger partial charge in [0.1, 0.15) is 17.8 Å². The monoisotopic (exact) mass is 320 g/mol. The molecule has 0 spiro atoms. The van der Waals surface area contributed by atoms with Crippen molar-refractivity contribution in [3.8, 4) is 5.75 Å². The van der Waals surface area contributed by atoms with E-state index in [1.807, 2.05) is 19.1 Å². The number of aryl methyl sites for hydroxylation is 1. The van der Waals surface area contributed by atoms with E-state index in [1.54, 1.807) is 6.26 Å². The Morgan fingerprint density at radius 2 is 2.27 bits per heavy atom. The molecule has 0 aliphatic carbocycles. The quantitative estimate of drug-likeness (QED) is 0.817. The summed E-state index contributed by atoms with van der Waals surface area (Å²) in [6.45, 7) is 3.00. The summed E-state index contributed by atoms with van der Waals surface area (Å²) in [7, 11) is 2.07. The number of nitrogens with one attached hydrogen (secondary N) is 1. The molecule has 3 rings (SSSR count). The van der Waals surface area contributed by atoms with Gasteiger partial charge >= 0.3 is 0 Å². The number of anilines is 1. The number of fused-ring (bicyclic) bond motifs is 1. The minimum atomic E-state index is -1.53. The lowest BCUT2D eigenvalue weighted by Gasteiger charge is -2.27. The fraction of sp³-hybridized carbons (Fsp3) is 0.400. The molecular weight excluding hydrogens is 300 g/mol. The minimum absolute atomic E-state index is 0.237. The maximum absolute atomic E-state index is 11.6. The van der Waals surface area contributed by atoms with Crippen LogP contribution in [0.25, 0.3) is 0 Å². The first-order valence-electron chi connectivity index (χ1n) is 7.30. The maximum atomic E-state index is 11.6. The molecule has 1 atom stereocenters. The van der Waals surface area contributed by atoms with Crippen molar-refractivity contribution in [2.45, 2.75) is 26.2 Å². The fourth-order valence-electron chi connectivity index (χ4n) is 2.70. The predicted octanol–water partition coefficient (Wildman–Crippen LogP) is 2.04. The highest BCUT2D eigenvalue weighted by atomic mass is 32.2. The highest BCUT2D eigenvalue weighted by Gasteiger charge is 2.22. The summed E-state index contributed by atoms with van der Waals surface area (Å²) in [5.74, 6) is 0.899. The van der Waals surface area contributed by atoms with Crippen LogP contribution in [0.2, 0.25) is 0 Å². The number of rotatable bonds is 2. The van der Waals surface area contributed by atoms with Gasteiger partial charge in [-0.25, -0.2) is 4.21 Å². The summed E-state index contributed by atoms with van der Waals surface area (Å²) in [4.78, 5) is 2.21. The first kappa shape index (κ1) is 14.9. The molecule has 0 aromatic heterocycles. The molecule has 118 valence electrons. The third-order valence-corrected chi connectivity index (χ3v) is 4.73. The first-order chi connectivity index (χ1) is 10.6. The van der Waals surface area contributed by atoms with E-state index in [9.17, 15) is 4.21 Å². The fourth-order valence-corrected chi connectivity index (χ4v) is 3.37. The number of nitrogens with zero attached hydrogens (tertiary/aromatic N) is 2. The molecule has 1 fully saturated rings. The zero-order chi connectivity index (χ0) is 15.7. The maximum Gasteiger partial charge on any atom is 0.245 e. The molecule has 3 N–H and O–H groups in total. The second-order valence-corrected chi connectivity index (χ2v) is 6.45. The molecule has 0 amide bonds. The Bertz CT molecular complexity index is 684. The number of nitrogens with two attached hydrogens (primary N) is 1. The predicted molar refractivity (Wildman–Crippen MR) is 88.9 cm³/mol. The van der Waals surface area contributed by atoms with Gasteiger partial charge in [-0.3, -0.25) is 4.72 Å². The SMILES string of the molecule is Cc1ccc2c(c1O/C=C1\CCCCN1C)C(N)=NS(=O)N2. The minimum Gasteiger partial charge on any atom is -0.462 e. The van der Waals surface area contributed by atoms with E-state index in [0.717, 1.165) is 18.5 Å². The Hall–Kier alpha value is -2.02. The third kappa shape index (κ3) is 2.81. The van der Waals surface area contributed by atoms with Gasteiger partial charge in [0.2, 0.25) is 11.2 Å². The Morgan fingerprint density at radius 3 is 3.05 bits per heavy atom. The Balaban J connectivity index is 1.95. The van der Waals surface area contributed by atoms with Crippen LogP contribution in [-0.2, 0) is 11.2 Å². The van der Waals surface area contributed by atoms with Gasteiger partial charge in [-0.2, -0.15) is 4.40 Å². The second-order valence-electron chi connectivity index (χ2n) is 5.57. The number of piperidine rings is 1. The normalized spacial score (nSPS) is 22.8. The van der Waals surface area contributed by atoms with E-state index in [2.05, 4.69) is 21.1 Å². The zero-order valence-electron chi connectivity index (χ0n) is 12.8. The van der Waals surface area contributed by atoms with E-state index in [0.29, 0.717) is 17.0 Å². The van der Waals surface area contributed by atoms with E-state index < -0.39 is 11.2 Å². The number of hydrogen-bond donors (Lipinski definition) is 2. The van der Waals surface area contributed by atoms with Crippen LogP contribution in [0.5, 0.6) is 5.75 Å². The van der Waals surface area contributed by atoms with Crippen molar-refractivity contribution in [3.05, 3.63) is 35.2 Å². The number of benzene rings is 1. The van der Waals surface area contributed by atoms with Crippen molar-refractivity contribution >= 4 is 22.7 Å².